The van der Waals surface area contributed by atoms with Crippen LogP contribution in [0.2, 0.25) is 0 Å². The van der Waals surface area contributed by atoms with Gasteiger partial charge in [0.05, 0.1) is 7.11 Å². The Morgan fingerprint density at radius 2 is 2.00 bits per heavy atom. The van der Waals surface area contributed by atoms with Crippen LogP contribution in [0.4, 0.5) is 0 Å². The quantitative estimate of drug-likeness (QED) is 0.779. The van der Waals surface area contributed by atoms with Gasteiger partial charge in [0.1, 0.15) is 5.75 Å². The number of benzene rings is 1. The topological polar surface area (TPSA) is 24.5 Å². The summed E-state index contributed by atoms with van der Waals surface area (Å²) in [7, 11) is 3.88. The van der Waals surface area contributed by atoms with Gasteiger partial charge in [0.25, 0.3) is 0 Å². The first-order valence-corrected chi connectivity index (χ1v) is 7.24. The summed E-state index contributed by atoms with van der Waals surface area (Å²) in [4.78, 5) is 2.36. The number of nitrogens with one attached hydrogen (secondary N) is 1. The van der Waals surface area contributed by atoms with E-state index in [2.05, 4.69) is 36.3 Å². The second-order valence-electron chi connectivity index (χ2n) is 5.67. The molecule has 3 heteroatoms. The highest BCUT2D eigenvalue weighted by molar-refractivity contribution is 5.26. The minimum Gasteiger partial charge on any atom is -0.497 e. The average Bonchev–Trinajstić information content (AvgIpc) is 3.24. The first-order valence-electron chi connectivity index (χ1n) is 7.24. The van der Waals surface area contributed by atoms with Crippen LogP contribution in [0.5, 0.6) is 5.75 Å². The molecule has 1 aromatic carbocycles. The van der Waals surface area contributed by atoms with Gasteiger partial charge in [-0.1, -0.05) is 12.1 Å². The molecule has 0 aliphatic heterocycles. The van der Waals surface area contributed by atoms with E-state index in [0.717, 1.165) is 31.3 Å². The van der Waals surface area contributed by atoms with E-state index in [4.69, 9.17) is 4.74 Å². The van der Waals surface area contributed by atoms with Crippen molar-refractivity contribution in [1.82, 2.24) is 10.2 Å². The molecule has 1 saturated carbocycles. The molecule has 1 unspecified atom stereocenters. The van der Waals surface area contributed by atoms with Gasteiger partial charge in [0.15, 0.2) is 0 Å². The van der Waals surface area contributed by atoms with E-state index in [0.29, 0.717) is 6.04 Å². The molecule has 1 atom stereocenters. The van der Waals surface area contributed by atoms with E-state index in [9.17, 15) is 0 Å². The molecule has 106 valence electrons. The number of hydrogen-bond donors (Lipinski definition) is 1. The lowest BCUT2D eigenvalue weighted by atomic mass is 10.2. The minimum absolute atomic E-state index is 0.689. The molecule has 0 amide bonds. The predicted octanol–water partition coefficient (Wildman–Crippen LogP) is 2.52. The second kappa shape index (κ2) is 6.92. The Morgan fingerprint density at radius 3 is 2.58 bits per heavy atom. The maximum atomic E-state index is 5.17. The molecule has 0 spiro atoms. The number of ether oxygens (including phenoxy) is 1. The van der Waals surface area contributed by atoms with Crippen molar-refractivity contribution in [3.05, 3.63) is 29.8 Å². The van der Waals surface area contributed by atoms with Crippen LogP contribution in [0.1, 0.15) is 25.3 Å². The number of nitrogens with zero attached hydrogens (tertiary/aromatic N) is 1. The highest BCUT2D eigenvalue weighted by Crippen LogP contribution is 2.32. The summed E-state index contributed by atoms with van der Waals surface area (Å²) in [5.41, 5.74) is 1.33. The Kier molecular flexibility index (Phi) is 5.23. The van der Waals surface area contributed by atoms with Crippen molar-refractivity contribution < 1.29 is 4.74 Å². The molecule has 1 aliphatic carbocycles. The molecular formula is C16H26N2O. The fraction of sp³-hybridized carbons (Fsp3) is 0.625. The molecule has 0 radical (unpaired) electrons. The first kappa shape index (κ1) is 14.4. The van der Waals surface area contributed by atoms with Gasteiger partial charge in [0.2, 0.25) is 0 Å². The monoisotopic (exact) mass is 262 g/mol. The summed E-state index contributed by atoms with van der Waals surface area (Å²) in [6.07, 6.45) is 2.83. The minimum atomic E-state index is 0.689. The summed E-state index contributed by atoms with van der Waals surface area (Å²) >= 11 is 0. The largest absolute Gasteiger partial charge is 0.497 e. The zero-order valence-electron chi connectivity index (χ0n) is 12.4. The highest BCUT2D eigenvalue weighted by atomic mass is 16.5. The van der Waals surface area contributed by atoms with E-state index in [1.165, 1.54) is 18.4 Å². The third-order valence-electron chi connectivity index (χ3n) is 3.90. The summed E-state index contributed by atoms with van der Waals surface area (Å²) < 4.78 is 5.17. The van der Waals surface area contributed by atoms with Crippen molar-refractivity contribution in [3.63, 3.8) is 0 Å². The SMILES string of the molecule is COc1ccc(CN(C)CCNC(C)C2CC2)cc1. The van der Waals surface area contributed by atoms with Crippen molar-refractivity contribution >= 4 is 0 Å². The maximum absolute atomic E-state index is 5.17. The van der Waals surface area contributed by atoms with Crippen molar-refractivity contribution in [2.24, 2.45) is 5.92 Å². The van der Waals surface area contributed by atoms with Crippen molar-refractivity contribution in [2.45, 2.75) is 32.4 Å². The van der Waals surface area contributed by atoms with Crippen LogP contribution in [0.15, 0.2) is 24.3 Å². The third kappa shape index (κ3) is 4.84. The molecule has 1 aliphatic rings. The van der Waals surface area contributed by atoms with Crippen molar-refractivity contribution in [1.29, 1.82) is 0 Å². The van der Waals surface area contributed by atoms with Crippen LogP contribution in [0.25, 0.3) is 0 Å². The van der Waals surface area contributed by atoms with Gasteiger partial charge < -0.3 is 15.0 Å². The third-order valence-corrected chi connectivity index (χ3v) is 3.90. The van der Waals surface area contributed by atoms with Gasteiger partial charge in [-0.25, -0.2) is 0 Å². The van der Waals surface area contributed by atoms with Gasteiger partial charge in [-0.3, -0.25) is 0 Å². The standard InChI is InChI=1S/C16H26N2O/c1-13(15-6-7-15)17-10-11-18(2)12-14-4-8-16(19-3)9-5-14/h4-5,8-9,13,15,17H,6-7,10-12H2,1-3H3. The van der Waals surface area contributed by atoms with Crippen molar-refractivity contribution in [2.75, 3.05) is 27.2 Å². The Hall–Kier alpha value is -1.06. The normalized spacial score (nSPS) is 16.6. The number of likely N-dealkylation sites (N-methyl/N-ethyl adjacent to an activating group) is 1. The van der Waals surface area contributed by atoms with Crippen LogP contribution < -0.4 is 10.1 Å². The summed E-state index contributed by atoms with van der Waals surface area (Å²) in [5, 5.41) is 3.62. The highest BCUT2D eigenvalue weighted by Gasteiger charge is 2.27. The van der Waals surface area contributed by atoms with Gasteiger partial charge >= 0.3 is 0 Å². The van der Waals surface area contributed by atoms with E-state index in [1.54, 1.807) is 7.11 Å². The summed E-state index contributed by atoms with van der Waals surface area (Å²) in [5.74, 6) is 1.86. The smallest absolute Gasteiger partial charge is 0.118 e. The first-order chi connectivity index (χ1) is 9.19. The lowest BCUT2D eigenvalue weighted by Gasteiger charge is -2.19. The summed E-state index contributed by atoms with van der Waals surface area (Å²) in [6.45, 7) is 5.46. The van der Waals surface area contributed by atoms with Crippen LogP contribution in [0, 0.1) is 5.92 Å². The lowest BCUT2D eigenvalue weighted by Crippen LogP contribution is -2.35. The van der Waals surface area contributed by atoms with Gasteiger partial charge in [0, 0.05) is 25.7 Å². The Bertz CT molecular complexity index is 373. The Labute approximate surface area is 116 Å². The molecule has 0 heterocycles. The Balaban J connectivity index is 1.66. The molecule has 1 N–H and O–H groups in total. The predicted molar refractivity (Wildman–Crippen MR) is 79.5 cm³/mol. The fourth-order valence-corrected chi connectivity index (χ4v) is 2.37. The van der Waals surface area contributed by atoms with Gasteiger partial charge in [-0.2, -0.15) is 0 Å². The zero-order valence-corrected chi connectivity index (χ0v) is 12.4. The fourth-order valence-electron chi connectivity index (χ4n) is 2.37. The second-order valence-corrected chi connectivity index (χ2v) is 5.67. The average molecular weight is 262 g/mol. The zero-order chi connectivity index (χ0) is 13.7. The maximum Gasteiger partial charge on any atom is 0.118 e. The Morgan fingerprint density at radius 1 is 1.32 bits per heavy atom. The molecule has 0 aromatic heterocycles. The van der Waals surface area contributed by atoms with E-state index < -0.39 is 0 Å². The molecule has 3 nitrogen and oxygen atoms in total. The van der Waals surface area contributed by atoms with E-state index >= 15 is 0 Å². The van der Waals surface area contributed by atoms with E-state index in [1.807, 2.05) is 12.1 Å². The lowest BCUT2D eigenvalue weighted by molar-refractivity contribution is 0.314. The number of methoxy groups -OCH3 is 1. The number of hydrogen-bond acceptors (Lipinski definition) is 3. The molecular weight excluding hydrogens is 236 g/mol. The summed E-state index contributed by atoms with van der Waals surface area (Å²) in [6, 6.07) is 9.01. The van der Waals surface area contributed by atoms with Crippen LogP contribution >= 0.6 is 0 Å². The van der Waals surface area contributed by atoms with Gasteiger partial charge in [-0.05, 0) is 50.4 Å². The van der Waals surface area contributed by atoms with Crippen LogP contribution in [-0.4, -0.2) is 38.2 Å². The van der Waals surface area contributed by atoms with Crippen molar-refractivity contribution in [3.8, 4) is 5.75 Å². The van der Waals surface area contributed by atoms with Crippen LogP contribution in [0.3, 0.4) is 0 Å². The molecule has 0 bridgehead atoms. The molecule has 2 rings (SSSR count). The molecule has 1 aromatic rings. The molecule has 1 fully saturated rings. The molecule has 19 heavy (non-hydrogen) atoms. The molecule has 0 saturated heterocycles. The van der Waals surface area contributed by atoms with Crippen LogP contribution in [-0.2, 0) is 6.54 Å². The van der Waals surface area contributed by atoms with E-state index in [-0.39, 0.29) is 0 Å². The van der Waals surface area contributed by atoms with Gasteiger partial charge in [-0.15, -0.1) is 0 Å². The number of rotatable bonds is 8.